The molecule has 0 aliphatic carbocycles. The van der Waals surface area contributed by atoms with Crippen molar-refractivity contribution < 1.29 is 26.8 Å². The summed E-state index contributed by atoms with van der Waals surface area (Å²) in [7, 11) is -4.29. The molecular formula is C22H13BrF2N4O4S2. The Hall–Kier alpha value is -3.29. The number of hydrogen-bond acceptors (Lipinski definition) is 7. The zero-order valence-electron chi connectivity index (χ0n) is 17.6. The van der Waals surface area contributed by atoms with Gasteiger partial charge in [-0.1, -0.05) is 22.0 Å². The number of fused-ring (bicyclic) bond motifs is 2. The van der Waals surface area contributed by atoms with Gasteiger partial charge >= 0.3 is 0 Å². The Bertz CT molecular complexity index is 1660. The Kier molecular flexibility index (Phi) is 5.65. The van der Waals surface area contributed by atoms with Crippen molar-refractivity contribution >= 4 is 65.1 Å². The van der Waals surface area contributed by atoms with E-state index < -0.39 is 39.5 Å². The van der Waals surface area contributed by atoms with Gasteiger partial charge in [-0.2, -0.15) is 12.8 Å². The van der Waals surface area contributed by atoms with E-state index in [1.807, 2.05) is 0 Å². The largest absolute Gasteiger partial charge is 0.280 e. The molecule has 8 nitrogen and oxygen atoms in total. The third-order valence-electron chi connectivity index (χ3n) is 5.53. The third-order valence-corrected chi connectivity index (χ3v) is 8.07. The number of amides is 2. The molecule has 1 aliphatic rings. The molecule has 0 radical (unpaired) electrons. The average molecular weight is 579 g/mol. The zero-order valence-corrected chi connectivity index (χ0v) is 20.8. The molecule has 1 atom stereocenters. The van der Waals surface area contributed by atoms with Crippen molar-refractivity contribution in [3.63, 3.8) is 0 Å². The van der Waals surface area contributed by atoms with Crippen LogP contribution in [-0.4, -0.2) is 34.5 Å². The highest BCUT2D eigenvalue weighted by atomic mass is 79.9. The lowest BCUT2D eigenvalue weighted by Crippen LogP contribution is -2.33. The minimum Gasteiger partial charge on any atom is -0.277 e. The lowest BCUT2D eigenvalue weighted by Gasteiger charge is -2.23. The number of carbonyl (C=O) groups excluding carboxylic acids is 2. The van der Waals surface area contributed by atoms with Gasteiger partial charge in [0.25, 0.3) is 21.8 Å². The van der Waals surface area contributed by atoms with Crippen LogP contribution in [0.25, 0.3) is 10.1 Å². The minimum absolute atomic E-state index is 0.0667. The van der Waals surface area contributed by atoms with Crippen LogP contribution in [0.15, 0.2) is 58.3 Å². The average Bonchev–Trinajstić information content (AvgIpc) is 3.35. The SMILES string of the molecule is C[C@H](c1ccc(F)cc1F)N1C(=O)c2cc(Br)cc(NS(=O)(=O)c3nccc4sncc34)c2C1=O. The van der Waals surface area contributed by atoms with E-state index in [2.05, 4.69) is 30.0 Å². The molecule has 0 saturated heterocycles. The van der Waals surface area contributed by atoms with Gasteiger partial charge in [-0.15, -0.1) is 0 Å². The number of carbonyl (C=O) groups is 2. The molecule has 1 N–H and O–H groups in total. The maximum atomic E-state index is 14.4. The fourth-order valence-corrected chi connectivity index (χ4v) is 6.30. The second-order valence-electron chi connectivity index (χ2n) is 7.66. The third kappa shape index (κ3) is 3.89. The Morgan fingerprint density at radius 2 is 1.89 bits per heavy atom. The number of sulfonamides is 1. The van der Waals surface area contributed by atoms with E-state index in [9.17, 15) is 26.8 Å². The Labute approximate surface area is 209 Å². The number of imide groups is 1. The van der Waals surface area contributed by atoms with Gasteiger partial charge in [0.2, 0.25) is 0 Å². The zero-order chi connectivity index (χ0) is 25.1. The maximum Gasteiger partial charge on any atom is 0.280 e. The van der Waals surface area contributed by atoms with Gasteiger partial charge in [0.1, 0.15) is 11.6 Å². The summed E-state index contributed by atoms with van der Waals surface area (Å²) in [5.41, 5.74) is -0.474. The Balaban J connectivity index is 1.57. The van der Waals surface area contributed by atoms with Crippen molar-refractivity contribution in [1.82, 2.24) is 14.3 Å². The van der Waals surface area contributed by atoms with E-state index >= 15 is 0 Å². The quantitative estimate of drug-likeness (QED) is 0.338. The molecule has 0 spiro atoms. The molecule has 2 aromatic heterocycles. The molecule has 2 amide bonds. The molecule has 0 unspecified atom stereocenters. The highest BCUT2D eigenvalue weighted by molar-refractivity contribution is 9.10. The minimum atomic E-state index is -4.29. The first-order valence-corrected chi connectivity index (χ1v) is 13.0. The number of nitrogens with one attached hydrogen (secondary N) is 1. The summed E-state index contributed by atoms with van der Waals surface area (Å²) >= 11 is 4.34. The van der Waals surface area contributed by atoms with Crippen LogP contribution in [0.1, 0.15) is 39.2 Å². The maximum absolute atomic E-state index is 14.4. The lowest BCUT2D eigenvalue weighted by molar-refractivity contribution is 0.0593. The normalized spacial score (nSPS) is 14.5. The van der Waals surface area contributed by atoms with Gasteiger partial charge in [-0.25, -0.2) is 13.8 Å². The van der Waals surface area contributed by atoms with E-state index in [0.29, 0.717) is 20.6 Å². The molecule has 4 aromatic rings. The summed E-state index contributed by atoms with van der Waals surface area (Å²) in [6.45, 7) is 1.42. The molecule has 178 valence electrons. The fraction of sp³-hybridized carbons (Fsp3) is 0.0909. The van der Waals surface area contributed by atoms with Crippen molar-refractivity contribution in [3.8, 4) is 0 Å². The first-order chi connectivity index (χ1) is 16.6. The van der Waals surface area contributed by atoms with Crippen LogP contribution < -0.4 is 4.72 Å². The smallest absolute Gasteiger partial charge is 0.277 e. The van der Waals surface area contributed by atoms with Gasteiger partial charge in [0, 0.05) is 22.3 Å². The van der Waals surface area contributed by atoms with Crippen LogP contribution in [0, 0.1) is 11.6 Å². The van der Waals surface area contributed by atoms with Crippen molar-refractivity contribution in [3.05, 3.63) is 81.6 Å². The molecule has 13 heteroatoms. The Morgan fingerprint density at radius 3 is 2.63 bits per heavy atom. The second-order valence-corrected chi connectivity index (χ2v) is 11.0. The van der Waals surface area contributed by atoms with Gasteiger partial charge in [0.05, 0.1) is 39.1 Å². The summed E-state index contributed by atoms with van der Waals surface area (Å²) < 4.78 is 61.5. The number of nitrogens with zero attached hydrogens (tertiary/aromatic N) is 3. The summed E-state index contributed by atoms with van der Waals surface area (Å²) in [6, 6.07) is 6.10. The summed E-state index contributed by atoms with van der Waals surface area (Å²) in [5.74, 6) is -3.29. The molecule has 0 fully saturated rings. The number of rotatable bonds is 5. The molecule has 2 aromatic carbocycles. The monoisotopic (exact) mass is 578 g/mol. The highest BCUT2D eigenvalue weighted by Crippen LogP contribution is 2.38. The fourth-order valence-electron chi connectivity index (χ4n) is 3.94. The van der Waals surface area contributed by atoms with Gasteiger partial charge in [-0.3, -0.25) is 19.2 Å². The number of benzene rings is 2. The summed E-state index contributed by atoms with van der Waals surface area (Å²) in [5, 5.41) is 0.0222. The predicted molar refractivity (Wildman–Crippen MR) is 128 cm³/mol. The lowest BCUT2D eigenvalue weighted by atomic mass is 10.1. The van der Waals surface area contributed by atoms with Crippen LogP contribution in [0.2, 0.25) is 0 Å². The first-order valence-electron chi connectivity index (χ1n) is 9.97. The predicted octanol–water partition coefficient (Wildman–Crippen LogP) is 4.89. The summed E-state index contributed by atoms with van der Waals surface area (Å²) in [6.07, 6.45) is 2.71. The number of hydrogen-bond donors (Lipinski definition) is 1. The second kappa shape index (κ2) is 8.43. The van der Waals surface area contributed by atoms with Crippen molar-refractivity contribution in [2.75, 3.05) is 4.72 Å². The standard InChI is InChI=1S/C22H13BrF2N4O4S2/c1-10(13-3-2-12(24)8-16(13)25)29-21(30)14-6-11(23)7-17(19(14)22(29)31)28-35(32,33)20-15-9-27-34-18(15)4-5-26-20/h2-10,28H,1H3/t10-/m1/s1. The van der Waals surface area contributed by atoms with Crippen molar-refractivity contribution in [2.45, 2.75) is 18.0 Å². The molecule has 1 aliphatic heterocycles. The van der Waals surface area contributed by atoms with E-state index in [0.717, 1.165) is 28.6 Å². The van der Waals surface area contributed by atoms with Crippen LogP contribution >= 0.6 is 27.5 Å². The van der Waals surface area contributed by atoms with Crippen LogP contribution in [0.4, 0.5) is 14.5 Å². The Morgan fingerprint density at radius 1 is 1.11 bits per heavy atom. The van der Waals surface area contributed by atoms with Gasteiger partial charge in [0.15, 0.2) is 5.03 Å². The molecule has 3 heterocycles. The van der Waals surface area contributed by atoms with Crippen LogP contribution in [0.3, 0.4) is 0 Å². The van der Waals surface area contributed by atoms with Crippen LogP contribution in [0.5, 0.6) is 0 Å². The molecule has 0 saturated carbocycles. The first kappa shape index (κ1) is 23.5. The topological polar surface area (TPSA) is 109 Å². The van der Waals surface area contributed by atoms with E-state index in [4.69, 9.17) is 0 Å². The van der Waals surface area contributed by atoms with Gasteiger partial charge < -0.3 is 0 Å². The van der Waals surface area contributed by atoms with E-state index in [-0.39, 0.29) is 27.4 Å². The van der Waals surface area contributed by atoms with E-state index in [1.165, 1.54) is 31.5 Å². The molecular weight excluding hydrogens is 566 g/mol. The molecule has 35 heavy (non-hydrogen) atoms. The highest BCUT2D eigenvalue weighted by Gasteiger charge is 2.42. The number of aromatic nitrogens is 2. The number of halogens is 3. The van der Waals surface area contributed by atoms with Gasteiger partial charge in [-0.05, 0) is 42.7 Å². The van der Waals surface area contributed by atoms with Crippen molar-refractivity contribution in [2.24, 2.45) is 0 Å². The number of pyridine rings is 1. The van der Waals surface area contributed by atoms with Crippen LogP contribution in [-0.2, 0) is 10.0 Å². The van der Waals surface area contributed by atoms with E-state index in [1.54, 1.807) is 6.07 Å². The van der Waals surface area contributed by atoms with Crippen molar-refractivity contribution in [1.29, 1.82) is 0 Å². The number of anilines is 1. The molecule has 5 rings (SSSR count). The molecule has 0 bridgehead atoms. The summed E-state index contributed by atoms with van der Waals surface area (Å²) in [4.78, 5) is 31.3.